The quantitative estimate of drug-likeness (QED) is 0.586. The molecule has 1 aliphatic carbocycles. The van der Waals surface area contributed by atoms with Gasteiger partial charge in [0, 0.05) is 42.5 Å². The van der Waals surface area contributed by atoms with Gasteiger partial charge in [-0.1, -0.05) is 11.6 Å². The SMILES string of the molecule is Cc1cc(S(C)=O)c(CNC(=O)c2cc(Cl)c3c(c2C)O[C@@H](C2CCC4(CC2)OCCO4)CO3)c(=O)[nH]1. The molecular weight excluding hydrogens is 520 g/mol. The first-order valence-electron chi connectivity index (χ1n) is 12.4. The Kier molecular flexibility index (Phi) is 7.37. The molecular formula is C26H31ClN2O7S. The number of nitrogens with one attached hydrogen (secondary N) is 2. The number of halogens is 1. The van der Waals surface area contributed by atoms with Gasteiger partial charge in [0.05, 0.1) is 39.5 Å². The summed E-state index contributed by atoms with van der Waals surface area (Å²) in [6.07, 6.45) is 4.74. The number of carbonyl (C=O) groups excluding carboxylic acids is 1. The first kappa shape index (κ1) is 26.2. The molecule has 3 heterocycles. The molecule has 0 radical (unpaired) electrons. The zero-order chi connectivity index (χ0) is 26.3. The van der Waals surface area contributed by atoms with Crippen LogP contribution in [-0.4, -0.2) is 53.1 Å². The topological polar surface area (TPSA) is 116 Å². The van der Waals surface area contributed by atoms with Gasteiger partial charge >= 0.3 is 0 Å². The Bertz CT molecular complexity index is 1290. The fourth-order valence-electron chi connectivity index (χ4n) is 5.41. The third kappa shape index (κ3) is 5.16. The van der Waals surface area contributed by atoms with Crippen LogP contribution in [0.5, 0.6) is 11.5 Å². The maximum absolute atomic E-state index is 13.2. The molecule has 1 aromatic carbocycles. The maximum atomic E-state index is 13.2. The van der Waals surface area contributed by atoms with Crippen molar-refractivity contribution in [3.63, 3.8) is 0 Å². The lowest BCUT2D eigenvalue weighted by Crippen LogP contribution is -2.43. The number of H-pyrrole nitrogens is 1. The largest absolute Gasteiger partial charge is 0.484 e. The number of pyridine rings is 1. The smallest absolute Gasteiger partial charge is 0.254 e. The van der Waals surface area contributed by atoms with Gasteiger partial charge in [0.15, 0.2) is 17.3 Å². The second-order valence-corrected chi connectivity index (χ2v) is 11.6. The van der Waals surface area contributed by atoms with Crippen molar-refractivity contribution in [2.45, 2.75) is 62.9 Å². The Labute approximate surface area is 222 Å². The highest BCUT2D eigenvalue weighted by molar-refractivity contribution is 7.84. The van der Waals surface area contributed by atoms with Crippen molar-refractivity contribution in [2.75, 3.05) is 26.1 Å². The van der Waals surface area contributed by atoms with E-state index >= 15 is 0 Å². The van der Waals surface area contributed by atoms with Crippen LogP contribution in [0, 0.1) is 19.8 Å². The summed E-state index contributed by atoms with van der Waals surface area (Å²) in [5.41, 5.74) is 1.41. The fraction of sp³-hybridized carbons (Fsp3) is 0.538. The number of carbonyl (C=O) groups is 1. The Morgan fingerprint density at radius 1 is 1.19 bits per heavy atom. The summed E-state index contributed by atoms with van der Waals surface area (Å²) in [5.74, 6) is 0.295. The number of hydrogen-bond acceptors (Lipinski definition) is 7. The number of amides is 1. The van der Waals surface area contributed by atoms with Crippen LogP contribution in [0.4, 0.5) is 0 Å². The second kappa shape index (κ2) is 10.4. The number of aromatic amines is 1. The van der Waals surface area contributed by atoms with Crippen LogP contribution in [0.2, 0.25) is 5.02 Å². The Balaban J connectivity index is 1.32. The van der Waals surface area contributed by atoms with Crippen molar-refractivity contribution in [3.05, 3.63) is 49.9 Å². The third-order valence-corrected chi connectivity index (χ3v) is 8.71. The fourth-order valence-corrected chi connectivity index (χ4v) is 6.51. The van der Waals surface area contributed by atoms with Crippen LogP contribution in [-0.2, 0) is 26.8 Å². The number of rotatable bonds is 5. The van der Waals surface area contributed by atoms with Crippen LogP contribution >= 0.6 is 11.6 Å². The van der Waals surface area contributed by atoms with Gasteiger partial charge in [-0.2, -0.15) is 0 Å². The Morgan fingerprint density at radius 2 is 1.89 bits per heavy atom. The minimum Gasteiger partial charge on any atom is -0.484 e. The Hall–Kier alpha value is -2.40. The highest BCUT2D eigenvalue weighted by Crippen LogP contribution is 2.46. The number of hydrogen-bond donors (Lipinski definition) is 2. The average Bonchev–Trinajstić information content (AvgIpc) is 3.33. The molecule has 2 aromatic rings. The molecule has 0 bridgehead atoms. The molecule has 1 amide bonds. The number of aryl methyl sites for hydroxylation is 1. The first-order chi connectivity index (χ1) is 17.7. The lowest BCUT2D eigenvalue weighted by Gasteiger charge is -2.40. The van der Waals surface area contributed by atoms with Crippen molar-refractivity contribution in [2.24, 2.45) is 5.92 Å². The summed E-state index contributed by atoms with van der Waals surface area (Å²) in [6, 6.07) is 3.20. The predicted octanol–water partition coefficient (Wildman–Crippen LogP) is 3.39. The zero-order valence-electron chi connectivity index (χ0n) is 21.1. The lowest BCUT2D eigenvalue weighted by molar-refractivity contribution is -0.187. The summed E-state index contributed by atoms with van der Waals surface area (Å²) in [4.78, 5) is 28.8. The van der Waals surface area contributed by atoms with Gasteiger partial charge in [0.25, 0.3) is 11.5 Å². The number of fused-ring (bicyclic) bond motifs is 1. The van der Waals surface area contributed by atoms with Gasteiger partial charge in [-0.15, -0.1) is 0 Å². The Morgan fingerprint density at radius 3 is 2.57 bits per heavy atom. The van der Waals surface area contributed by atoms with Crippen molar-refractivity contribution in [1.82, 2.24) is 10.3 Å². The summed E-state index contributed by atoms with van der Waals surface area (Å²) in [6.45, 7) is 5.08. The molecule has 2 atom stereocenters. The van der Waals surface area contributed by atoms with Gasteiger partial charge in [0.1, 0.15) is 12.7 Å². The summed E-state index contributed by atoms with van der Waals surface area (Å²) < 4.78 is 36.3. The van der Waals surface area contributed by atoms with Crippen LogP contribution in [0.3, 0.4) is 0 Å². The molecule has 2 aliphatic heterocycles. The first-order valence-corrected chi connectivity index (χ1v) is 14.4. The minimum absolute atomic E-state index is 0.0779. The summed E-state index contributed by atoms with van der Waals surface area (Å²) in [5, 5.41) is 3.05. The van der Waals surface area contributed by atoms with E-state index in [2.05, 4.69) is 10.3 Å². The van der Waals surface area contributed by atoms with Gasteiger partial charge in [0.2, 0.25) is 0 Å². The molecule has 3 aliphatic rings. The van der Waals surface area contributed by atoms with Gasteiger partial charge in [-0.05, 0) is 44.7 Å². The molecule has 9 nitrogen and oxygen atoms in total. The average molecular weight is 551 g/mol. The van der Waals surface area contributed by atoms with E-state index in [1.165, 1.54) is 6.26 Å². The number of aromatic nitrogens is 1. The van der Waals surface area contributed by atoms with Crippen molar-refractivity contribution >= 4 is 28.3 Å². The van der Waals surface area contributed by atoms with Crippen LogP contribution in [0.15, 0.2) is 21.8 Å². The van der Waals surface area contributed by atoms with Crippen LogP contribution in [0.1, 0.15) is 52.9 Å². The molecule has 1 saturated heterocycles. The van der Waals surface area contributed by atoms with Gasteiger partial charge in [-0.3, -0.25) is 13.8 Å². The zero-order valence-corrected chi connectivity index (χ0v) is 22.7. The van der Waals surface area contributed by atoms with Crippen molar-refractivity contribution in [3.8, 4) is 11.5 Å². The van der Waals surface area contributed by atoms with E-state index in [1.807, 2.05) is 0 Å². The van der Waals surface area contributed by atoms with E-state index < -0.39 is 22.5 Å². The van der Waals surface area contributed by atoms with Gasteiger partial charge < -0.3 is 29.2 Å². The molecule has 11 heteroatoms. The molecule has 1 unspecified atom stereocenters. The van der Waals surface area contributed by atoms with E-state index in [4.69, 9.17) is 30.5 Å². The normalized spacial score (nSPS) is 21.7. The highest BCUT2D eigenvalue weighted by atomic mass is 35.5. The van der Waals surface area contributed by atoms with E-state index in [0.29, 0.717) is 53.0 Å². The molecule has 5 rings (SSSR count). The highest BCUT2D eigenvalue weighted by Gasteiger charge is 2.43. The van der Waals surface area contributed by atoms with E-state index in [9.17, 15) is 13.8 Å². The van der Waals surface area contributed by atoms with Gasteiger partial charge in [-0.25, -0.2) is 0 Å². The van der Waals surface area contributed by atoms with Crippen LogP contribution in [0.25, 0.3) is 0 Å². The molecule has 1 aromatic heterocycles. The standard InChI is InChI=1S/C26H31ClN2O7S/c1-14-10-21(37(3)32)18(25(31)29-14)12-28-24(30)17-11-19(27)23-22(15(17)2)36-20(13-33-23)16-4-6-26(7-5-16)34-8-9-35-26/h10-11,16,20H,4-9,12-13H2,1-3H3,(H,28,30)(H,29,31)/t20-,37?/m1/s1. The second-order valence-electron chi connectivity index (χ2n) is 9.86. The van der Waals surface area contributed by atoms with E-state index in [1.54, 1.807) is 26.0 Å². The molecule has 2 N–H and O–H groups in total. The molecule has 37 heavy (non-hydrogen) atoms. The van der Waals surface area contributed by atoms with E-state index in [0.717, 1.165) is 25.7 Å². The summed E-state index contributed by atoms with van der Waals surface area (Å²) >= 11 is 6.49. The summed E-state index contributed by atoms with van der Waals surface area (Å²) in [7, 11) is -1.38. The monoisotopic (exact) mass is 550 g/mol. The number of ether oxygens (including phenoxy) is 4. The lowest BCUT2D eigenvalue weighted by atomic mass is 9.81. The van der Waals surface area contributed by atoms with Crippen molar-refractivity contribution in [1.29, 1.82) is 0 Å². The number of benzene rings is 1. The molecule has 200 valence electrons. The third-order valence-electron chi connectivity index (χ3n) is 7.44. The van der Waals surface area contributed by atoms with E-state index in [-0.39, 0.29) is 34.7 Å². The molecule has 1 saturated carbocycles. The maximum Gasteiger partial charge on any atom is 0.254 e. The van der Waals surface area contributed by atoms with Crippen molar-refractivity contribution < 1.29 is 28.0 Å². The van der Waals surface area contributed by atoms with Crippen LogP contribution < -0.4 is 20.3 Å². The molecule has 2 fully saturated rings. The minimum atomic E-state index is -1.38. The predicted molar refractivity (Wildman–Crippen MR) is 138 cm³/mol. The molecule has 1 spiro atoms.